The van der Waals surface area contributed by atoms with Gasteiger partial charge in [-0.05, 0) is 55.7 Å². The first-order chi connectivity index (χ1) is 9.97. The number of rotatable bonds is 4. The summed E-state index contributed by atoms with van der Waals surface area (Å²) >= 11 is 6.88. The number of nitrogens with one attached hydrogen (secondary N) is 1. The monoisotopic (exact) mass is 409 g/mol. The standard InChI is InChI=1S/C17H17Br2NO/c1-11(10-13-6-8-14(18)9-7-13)20-17(21)15-4-3-5-16(19)12(15)2/h3-9,11H,10H2,1-2H3,(H,20,21). The molecule has 1 unspecified atom stereocenters. The van der Waals surface area contributed by atoms with Crippen molar-refractivity contribution >= 4 is 37.8 Å². The molecule has 0 saturated heterocycles. The zero-order valence-electron chi connectivity index (χ0n) is 12.0. The topological polar surface area (TPSA) is 29.1 Å². The lowest BCUT2D eigenvalue weighted by molar-refractivity contribution is 0.0939. The smallest absolute Gasteiger partial charge is 0.251 e. The second-order valence-electron chi connectivity index (χ2n) is 5.12. The maximum Gasteiger partial charge on any atom is 0.251 e. The molecule has 2 nitrogen and oxygen atoms in total. The summed E-state index contributed by atoms with van der Waals surface area (Å²) in [6, 6.07) is 13.9. The van der Waals surface area contributed by atoms with Crippen LogP contribution >= 0.6 is 31.9 Å². The van der Waals surface area contributed by atoms with Gasteiger partial charge in [0.05, 0.1) is 0 Å². The molecule has 1 amide bonds. The van der Waals surface area contributed by atoms with Crippen LogP contribution in [0.3, 0.4) is 0 Å². The Kier molecular flexibility index (Phi) is 5.59. The summed E-state index contributed by atoms with van der Waals surface area (Å²) in [5, 5.41) is 3.06. The summed E-state index contributed by atoms with van der Waals surface area (Å²) in [5.74, 6) is -0.0292. The SMILES string of the molecule is Cc1c(Br)cccc1C(=O)NC(C)Cc1ccc(Br)cc1. The van der Waals surface area contributed by atoms with Crippen LogP contribution in [0.25, 0.3) is 0 Å². The minimum absolute atomic E-state index is 0.0292. The van der Waals surface area contributed by atoms with Crippen LogP contribution in [0.1, 0.15) is 28.4 Å². The third-order valence-electron chi connectivity index (χ3n) is 3.34. The number of halogens is 2. The highest BCUT2D eigenvalue weighted by Crippen LogP contribution is 2.19. The van der Waals surface area contributed by atoms with E-state index in [1.807, 2.05) is 44.2 Å². The van der Waals surface area contributed by atoms with Crippen LogP contribution in [0.5, 0.6) is 0 Å². The third kappa shape index (κ3) is 4.42. The van der Waals surface area contributed by atoms with Crippen molar-refractivity contribution in [3.63, 3.8) is 0 Å². The van der Waals surface area contributed by atoms with E-state index < -0.39 is 0 Å². The van der Waals surface area contributed by atoms with Gasteiger partial charge in [-0.25, -0.2) is 0 Å². The van der Waals surface area contributed by atoms with Crippen LogP contribution in [0.4, 0.5) is 0 Å². The predicted molar refractivity (Wildman–Crippen MR) is 93.7 cm³/mol. The maximum atomic E-state index is 12.3. The van der Waals surface area contributed by atoms with Gasteiger partial charge in [0.15, 0.2) is 0 Å². The van der Waals surface area contributed by atoms with Gasteiger partial charge < -0.3 is 5.32 Å². The third-order valence-corrected chi connectivity index (χ3v) is 4.73. The summed E-state index contributed by atoms with van der Waals surface area (Å²) in [4.78, 5) is 12.3. The van der Waals surface area contributed by atoms with Crippen LogP contribution in [0.2, 0.25) is 0 Å². The Morgan fingerprint density at radius 1 is 1.14 bits per heavy atom. The molecule has 0 aromatic heterocycles. The van der Waals surface area contributed by atoms with E-state index in [1.54, 1.807) is 0 Å². The number of benzene rings is 2. The second kappa shape index (κ2) is 7.23. The van der Waals surface area contributed by atoms with Crippen molar-refractivity contribution in [1.82, 2.24) is 5.32 Å². The fraction of sp³-hybridized carbons (Fsp3) is 0.235. The summed E-state index contributed by atoms with van der Waals surface area (Å²) in [5.41, 5.74) is 2.88. The lowest BCUT2D eigenvalue weighted by Crippen LogP contribution is -2.34. The summed E-state index contributed by atoms with van der Waals surface area (Å²) in [6.45, 7) is 3.96. The van der Waals surface area contributed by atoms with Crippen LogP contribution < -0.4 is 5.32 Å². The fourth-order valence-electron chi connectivity index (χ4n) is 2.18. The van der Waals surface area contributed by atoms with Gasteiger partial charge in [-0.2, -0.15) is 0 Å². The summed E-state index contributed by atoms with van der Waals surface area (Å²) in [6.07, 6.45) is 0.812. The van der Waals surface area contributed by atoms with Gasteiger partial charge in [-0.1, -0.05) is 50.1 Å². The first kappa shape index (κ1) is 16.2. The van der Waals surface area contributed by atoms with E-state index in [4.69, 9.17) is 0 Å². The average Bonchev–Trinajstić information content (AvgIpc) is 2.44. The maximum absolute atomic E-state index is 12.3. The van der Waals surface area contributed by atoms with Gasteiger partial charge in [0.25, 0.3) is 5.91 Å². The van der Waals surface area contributed by atoms with Crippen LogP contribution in [-0.2, 0) is 6.42 Å². The lowest BCUT2D eigenvalue weighted by atomic mass is 10.1. The van der Waals surface area contributed by atoms with E-state index in [0.29, 0.717) is 5.56 Å². The summed E-state index contributed by atoms with van der Waals surface area (Å²) in [7, 11) is 0. The lowest BCUT2D eigenvalue weighted by Gasteiger charge is -2.15. The molecule has 0 saturated carbocycles. The molecular weight excluding hydrogens is 394 g/mol. The number of hydrogen-bond acceptors (Lipinski definition) is 1. The molecule has 1 atom stereocenters. The van der Waals surface area contributed by atoms with Gasteiger partial charge in [-0.3, -0.25) is 4.79 Å². The van der Waals surface area contributed by atoms with Gasteiger partial charge in [0, 0.05) is 20.6 Å². The highest BCUT2D eigenvalue weighted by atomic mass is 79.9. The van der Waals surface area contributed by atoms with Crippen molar-refractivity contribution in [1.29, 1.82) is 0 Å². The Hall–Kier alpha value is -1.13. The first-order valence-electron chi connectivity index (χ1n) is 6.78. The zero-order chi connectivity index (χ0) is 15.4. The number of carbonyl (C=O) groups excluding carboxylic acids is 1. The van der Waals surface area contributed by atoms with Gasteiger partial charge in [0.2, 0.25) is 0 Å². The zero-order valence-corrected chi connectivity index (χ0v) is 15.2. The Morgan fingerprint density at radius 3 is 2.48 bits per heavy atom. The molecule has 4 heteroatoms. The van der Waals surface area contributed by atoms with Gasteiger partial charge in [-0.15, -0.1) is 0 Å². The van der Waals surface area contributed by atoms with Crippen molar-refractivity contribution in [3.05, 3.63) is 68.1 Å². The highest BCUT2D eigenvalue weighted by Gasteiger charge is 2.13. The van der Waals surface area contributed by atoms with Crippen LogP contribution in [0.15, 0.2) is 51.4 Å². The van der Waals surface area contributed by atoms with Crippen LogP contribution in [0, 0.1) is 6.92 Å². The van der Waals surface area contributed by atoms with E-state index in [2.05, 4.69) is 49.3 Å². The molecule has 0 aliphatic heterocycles. The Balaban J connectivity index is 2.02. The van der Waals surface area contributed by atoms with Crippen molar-refractivity contribution < 1.29 is 4.79 Å². The summed E-state index contributed by atoms with van der Waals surface area (Å²) < 4.78 is 2.02. The van der Waals surface area contributed by atoms with Crippen molar-refractivity contribution in [2.75, 3.05) is 0 Å². The molecule has 0 spiro atoms. The highest BCUT2D eigenvalue weighted by molar-refractivity contribution is 9.10. The Labute approximate surface area is 142 Å². The fourth-order valence-corrected chi connectivity index (χ4v) is 2.81. The van der Waals surface area contributed by atoms with E-state index in [0.717, 1.165) is 20.9 Å². The molecule has 1 N–H and O–H groups in total. The minimum Gasteiger partial charge on any atom is -0.349 e. The first-order valence-corrected chi connectivity index (χ1v) is 8.36. The number of carbonyl (C=O) groups is 1. The van der Waals surface area contributed by atoms with E-state index >= 15 is 0 Å². The van der Waals surface area contributed by atoms with Gasteiger partial charge in [0.1, 0.15) is 0 Å². The minimum atomic E-state index is -0.0292. The predicted octanol–water partition coefficient (Wildman–Crippen LogP) is 4.88. The molecule has 0 fully saturated rings. The van der Waals surface area contributed by atoms with Crippen molar-refractivity contribution in [2.24, 2.45) is 0 Å². The average molecular weight is 411 g/mol. The second-order valence-corrected chi connectivity index (χ2v) is 6.89. The molecule has 0 aliphatic carbocycles. The molecule has 2 aromatic rings. The molecular formula is C17H17Br2NO. The molecule has 2 rings (SSSR count). The largest absolute Gasteiger partial charge is 0.349 e. The number of amides is 1. The van der Waals surface area contributed by atoms with E-state index in [9.17, 15) is 4.79 Å². The molecule has 110 valence electrons. The molecule has 0 radical (unpaired) electrons. The van der Waals surface area contributed by atoms with Crippen LogP contribution in [-0.4, -0.2) is 11.9 Å². The Bertz CT molecular complexity index is 638. The van der Waals surface area contributed by atoms with Crippen molar-refractivity contribution in [2.45, 2.75) is 26.3 Å². The van der Waals surface area contributed by atoms with E-state index in [-0.39, 0.29) is 11.9 Å². The van der Waals surface area contributed by atoms with E-state index in [1.165, 1.54) is 5.56 Å². The quantitative estimate of drug-likeness (QED) is 0.764. The molecule has 0 heterocycles. The normalized spacial score (nSPS) is 12.0. The Morgan fingerprint density at radius 2 is 1.81 bits per heavy atom. The van der Waals surface area contributed by atoms with Crippen molar-refractivity contribution in [3.8, 4) is 0 Å². The molecule has 0 aliphatic rings. The molecule has 0 bridgehead atoms. The molecule has 21 heavy (non-hydrogen) atoms. The van der Waals surface area contributed by atoms with Gasteiger partial charge >= 0.3 is 0 Å². The molecule has 2 aromatic carbocycles. The number of hydrogen-bond donors (Lipinski definition) is 1.